The molecular formula is C11H18N2O4S. The minimum absolute atomic E-state index is 0.104. The summed E-state index contributed by atoms with van der Waals surface area (Å²) < 4.78 is 31.6. The summed E-state index contributed by atoms with van der Waals surface area (Å²) in [4.78, 5) is 4.43. The van der Waals surface area contributed by atoms with Crippen molar-refractivity contribution in [2.45, 2.75) is 18.7 Å². The highest BCUT2D eigenvalue weighted by molar-refractivity contribution is 7.89. The standard InChI is InChI=1S/C11H18N2O4S/c1-8-6-10(16-3)11(7-9(8)2)18(14,15)13-4-5-17-12/h6-7,13H,4-5,12H2,1-3H3. The molecule has 0 amide bonds. The van der Waals surface area contributed by atoms with E-state index in [9.17, 15) is 8.42 Å². The number of hydrogen-bond donors (Lipinski definition) is 2. The van der Waals surface area contributed by atoms with Gasteiger partial charge in [-0.15, -0.1) is 0 Å². The van der Waals surface area contributed by atoms with E-state index in [0.29, 0.717) is 5.75 Å². The zero-order valence-electron chi connectivity index (χ0n) is 10.7. The van der Waals surface area contributed by atoms with Crippen LogP contribution in [-0.2, 0) is 14.9 Å². The van der Waals surface area contributed by atoms with Crippen molar-refractivity contribution in [2.75, 3.05) is 20.3 Å². The molecule has 0 aliphatic carbocycles. The second-order valence-electron chi connectivity index (χ2n) is 3.86. The van der Waals surface area contributed by atoms with Crippen LogP contribution >= 0.6 is 0 Å². The summed E-state index contributed by atoms with van der Waals surface area (Å²) in [6, 6.07) is 3.28. The molecule has 18 heavy (non-hydrogen) atoms. The first-order chi connectivity index (χ1) is 8.42. The predicted molar refractivity (Wildman–Crippen MR) is 67.8 cm³/mol. The first-order valence-electron chi connectivity index (χ1n) is 5.39. The zero-order chi connectivity index (χ0) is 13.8. The predicted octanol–water partition coefficient (Wildman–Crippen LogP) is 0.481. The van der Waals surface area contributed by atoms with Crippen molar-refractivity contribution in [3.05, 3.63) is 23.3 Å². The van der Waals surface area contributed by atoms with Crippen molar-refractivity contribution < 1.29 is 18.0 Å². The van der Waals surface area contributed by atoms with Gasteiger partial charge in [0.15, 0.2) is 0 Å². The Kier molecular flexibility index (Phi) is 5.09. The summed E-state index contributed by atoms with van der Waals surface area (Å²) in [6.45, 7) is 3.95. The van der Waals surface area contributed by atoms with Crippen LogP contribution in [0.4, 0.5) is 0 Å². The Morgan fingerprint density at radius 3 is 2.44 bits per heavy atom. The molecule has 0 heterocycles. The van der Waals surface area contributed by atoms with Crippen LogP contribution in [0.3, 0.4) is 0 Å². The molecule has 0 radical (unpaired) electrons. The average molecular weight is 274 g/mol. The van der Waals surface area contributed by atoms with Gasteiger partial charge in [-0.25, -0.2) is 19.0 Å². The largest absolute Gasteiger partial charge is 0.495 e. The van der Waals surface area contributed by atoms with Gasteiger partial charge in [0.05, 0.1) is 13.7 Å². The van der Waals surface area contributed by atoms with E-state index in [0.717, 1.165) is 11.1 Å². The fourth-order valence-electron chi connectivity index (χ4n) is 1.45. The highest BCUT2D eigenvalue weighted by atomic mass is 32.2. The third-order valence-electron chi connectivity index (χ3n) is 2.58. The molecule has 0 fully saturated rings. The molecule has 1 rings (SSSR count). The summed E-state index contributed by atoms with van der Waals surface area (Å²) in [5, 5.41) is 0. The van der Waals surface area contributed by atoms with Gasteiger partial charge in [0.25, 0.3) is 0 Å². The van der Waals surface area contributed by atoms with Crippen molar-refractivity contribution in [3.8, 4) is 5.75 Å². The maximum Gasteiger partial charge on any atom is 0.244 e. The van der Waals surface area contributed by atoms with Crippen LogP contribution in [0, 0.1) is 13.8 Å². The van der Waals surface area contributed by atoms with Crippen molar-refractivity contribution >= 4 is 10.0 Å². The molecule has 0 bridgehead atoms. The minimum atomic E-state index is -3.63. The molecule has 3 N–H and O–H groups in total. The summed E-state index contributed by atoms with van der Waals surface area (Å²) in [5.41, 5.74) is 1.85. The number of hydrogen-bond acceptors (Lipinski definition) is 5. The van der Waals surface area contributed by atoms with E-state index < -0.39 is 10.0 Å². The van der Waals surface area contributed by atoms with Crippen molar-refractivity contribution in [3.63, 3.8) is 0 Å². The lowest BCUT2D eigenvalue weighted by molar-refractivity contribution is 0.143. The van der Waals surface area contributed by atoms with Crippen molar-refractivity contribution in [1.29, 1.82) is 0 Å². The SMILES string of the molecule is COc1cc(C)c(C)cc1S(=O)(=O)NCCON. The van der Waals surface area contributed by atoms with Gasteiger partial charge in [-0.05, 0) is 37.1 Å². The minimum Gasteiger partial charge on any atom is -0.495 e. The molecule has 0 aromatic heterocycles. The number of sulfonamides is 1. The van der Waals surface area contributed by atoms with Crippen molar-refractivity contribution in [2.24, 2.45) is 5.90 Å². The summed E-state index contributed by atoms with van der Waals surface area (Å²) in [6.07, 6.45) is 0. The molecule has 0 saturated heterocycles. The molecule has 102 valence electrons. The Bertz CT molecular complexity index is 514. The molecule has 1 aromatic rings. The Labute approximate surface area is 107 Å². The topological polar surface area (TPSA) is 90.7 Å². The third-order valence-corrected chi connectivity index (χ3v) is 4.06. The van der Waals surface area contributed by atoms with Crippen LogP contribution in [0.1, 0.15) is 11.1 Å². The molecule has 0 saturated carbocycles. The summed E-state index contributed by atoms with van der Waals surface area (Å²) in [7, 11) is -2.19. The lowest BCUT2D eigenvalue weighted by Gasteiger charge is -2.12. The van der Waals surface area contributed by atoms with Gasteiger partial charge < -0.3 is 9.57 Å². The normalized spacial score (nSPS) is 11.6. The van der Waals surface area contributed by atoms with E-state index in [1.807, 2.05) is 13.8 Å². The lowest BCUT2D eigenvalue weighted by Crippen LogP contribution is -2.28. The van der Waals surface area contributed by atoms with Crippen LogP contribution in [-0.4, -0.2) is 28.7 Å². The summed E-state index contributed by atoms with van der Waals surface area (Å²) in [5.74, 6) is 5.16. The van der Waals surface area contributed by atoms with Crippen LogP contribution in [0.15, 0.2) is 17.0 Å². The van der Waals surface area contributed by atoms with E-state index in [1.54, 1.807) is 12.1 Å². The number of aryl methyl sites for hydroxylation is 2. The second-order valence-corrected chi connectivity index (χ2v) is 5.59. The first kappa shape index (κ1) is 14.9. The fraction of sp³-hybridized carbons (Fsp3) is 0.455. The van der Waals surface area contributed by atoms with E-state index in [2.05, 4.69) is 9.56 Å². The van der Waals surface area contributed by atoms with Gasteiger partial charge in [0.2, 0.25) is 10.0 Å². The maximum atomic E-state index is 12.1. The fourth-order valence-corrected chi connectivity index (χ4v) is 2.69. The number of methoxy groups -OCH3 is 1. The molecule has 0 aliphatic rings. The Morgan fingerprint density at radius 1 is 1.28 bits per heavy atom. The van der Waals surface area contributed by atoms with Gasteiger partial charge in [0, 0.05) is 6.54 Å². The highest BCUT2D eigenvalue weighted by Gasteiger charge is 2.20. The highest BCUT2D eigenvalue weighted by Crippen LogP contribution is 2.26. The van der Waals surface area contributed by atoms with Crippen LogP contribution in [0.5, 0.6) is 5.75 Å². The van der Waals surface area contributed by atoms with E-state index in [-0.39, 0.29) is 18.0 Å². The Balaban J connectivity index is 3.11. The van der Waals surface area contributed by atoms with Gasteiger partial charge in [-0.3, -0.25) is 0 Å². The van der Waals surface area contributed by atoms with E-state index in [4.69, 9.17) is 10.6 Å². The second kappa shape index (κ2) is 6.14. The van der Waals surface area contributed by atoms with Gasteiger partial charge in [-0.1, -0.05) is 0 Å². The molecule has 1 aromatic carbocycles. The number of ether oxygens (including phenoxy) is 1. The Morgan fingerprint density at radius 2 is 1.89 bits per heavy atom. The van der Waals surface area contributed by atoms with Crippen molar-refractivity contribution in [1.82, 2.24) is 4.72 Å². The van der Waals surface area contributed by atoms with Gasteiger partial charge in [0.1, 0.15) is 10.6 Å². The quantitative estimate of drug-likeness (QED) is 0.581. The summed E-state index contributed by atoms with van der Waals surface area (Å²) >= 11 is 0. The molecule has 0 atom stereocenters. The van der Waals surface area contributed by atoms with Crippen LogP contribution in [0.2, 0.25) is 0 Å². The number of rotatable bonds is 6. The molecular weight excluding hydrogens is 256 g/mol. The number of nitrogens with two attached hydrogens (primary N) is 1. The molecule has 0 unspecified atom stereocenters. The molecule has 6 nitrogen and oxygen atoms in total. The zero-order valence-corrected chi connectivity index (χ0v) is 11.5. The smallest absolute Gasteiger partial charge is 0.244 e. The van der Waals surface area contributed by atoms with Gasteiger partial charge >= 0.3 is 0 Å². The molecule has 0 spiro atoms. The monoisotopic (exact) mass is 274 g/mol. The lowest BCUT2D eigenvalue weighted by atomic mass is 10.1. The van der Waals surface area contributed by atoms with Crippen LogP contribution < -0.4 is 15.4 Å². The first-order valence-corrected chi connectivity index (χ1v) is 6.87. The van der Waals surface area contributed by atoms with E-state index in [1.165, 1.54) is 7.11 Å². The molecule has 7 heteroatoms. The van der Waals surface area contributed by atoms with Crippen LogP contribution in [0.25, 0.3) is 0 Å². The average Bonchev–Trinajstić information content (AvgIpc) is 2.32. The van der Waals surface area contributed by atoms with Gasteiger partial charge in [-0.2, -0.15) is 0 Å². The number of nitrogens with one attached hydrogen (secondary N) is 1. The number of benzene rings is 1. The maximum absolute atomic E-state index is 12.1. The molecule has 0 aliphatic heterocycles. The van der Waals surface area contributed by atoms with E-state index >= 15 is 0 Å². The third kappa shape index (κ3) is 3.42. The Hall–Kier alpha value is -1.15.